The lowest BCUT2D eigenvalue weighted by Gasteiger charge is -2.21. The second kappa shape index (κ2) is 8.29. The lowest BCUT2D eigenvalue weighted by Crippen LogP contribution is -2.40. The molecule has 5 heteroatoms. The predicted molar refractivity (Wildman–Crippen MR) is 101 cm³/mol. The van der Waals surface area contributed by atoms with Crippen LogP contribution in [0.2, 0.25) is 0 Å². The number of likely N-dealkylation sites (tertiary alicyclic amines) is 1. The van der Waals surface area contributed by atoms with Crippen LogP contribution in [0.3, 0.4) is 0 Å². The third kappa shape index (κ3) is 4.57. The van der Waals surface area contributed by atoms with Gasteiger partial charge in [-0.15, -0.1) is 11.3 Å². The van der Waals surface area contributed by atoms with Crippen LogP contribution in [0.4, 0.5) is 0 Å². The highest BCUT2D eigenvalue weighted by Gasteiger charge is 2.24. The summed E-state index contributed by atoms with van der Waals surface area (Å²) in [7, 11) is 0. The van der Waals surface area contributed by atoms with Gasteiger partial charge in [-0.1, -0.05) is 30.3 Å². The maximum atomic E-state index is 4.82. The summed E-state index contributed by atoms with van der Waals surface area (Å²) < 4.78 is 0. The lowest BCUT2D eigenvalue weighted by atomic mass is 9.99. The molecule has 4 nitrogen and oxygen atoms in total. The van der Waals surface area contributed by atoms with Crippen LogP contribution >= 0.6 is 11.3 Å². The smallest absolute Gasteiger partial charge is 0.194 e. The highest BCUT2D eigenvalue weighted by atomic mass is 32.1. The monoisotopic (exact) mass is 342 g/mol. The van der Waals surface area contributed by atoms with Gasteiger partial charge >= 0.3 is 0 Å². The summed E-state index contributed by atoms with van der Waals surface area (Å²) >= 11 is 1.73. The van der Waals surface area contributed by atoms with Gasteiger partial charge in [0.05, 0.1) is 11.6 Å². The molecule has 128 valence electrons. The molecular weight excluding hydrogens is 316 g/mol. The van der Waals surface area contributed by atoms with Gasteiger partial charge in [0.25, 0.3) is 0 Å². The van der Waals surface area contributed by atoms with E-state index < -0.39 is 0 Å². The van der Waals surface area contributed by atoms with E-state index in [0.29, 0.717) is 12.5 Å². The fraction of sp³-hybridized carbons (Fsp3) is 0.474. The van der Waals surface area contributed by atoms with Gasteiger partial charge in [-0.05, 0) is 38.2 Å². The topological polar surface area (TPSA) is 40.5 Å². The number of hydrogen-bond donors (Lipinski definition) is 1. The number of aromatic nitrogens is 1. The molecule has 0 saturated carbocycles. The van der Waals surface area contributed by atoms with E-state index in [9.17, 15) is 0 Å². The Kier molecular flexibility index (Phi) is 5.86. The fourth-order valence-corrected chi connectivity index (χ4v) is 3.92. The van der Waals surface area contributed by atoms with Crippen LogP contribution < -0.4 is 5.32 Å². The van der Waals surface area contributed by atoms with E-state index in [0.717, 1.165) is 37.0 Å². The molecule has 1 N–H and O–H groups in total. The van der Waals surface area contributed by atoms with Crippen molar-refractivity contribution in [3.05, 3.63) is 52.0 Å². The predicted octanol–water partition coefficient (Wildman–Crippen LogP) is 3.48. The summed E-state index contributed by atoms with van der Waals surface area (Å²) in [6.07, 6.45) is 4.33. The zero-order valence-corrected chi connectivity index (χ0v) is 15.4. The molecule has 3 rings (SSSR count). The molecule has 0 spiro atoms. The molecule has 2 heterocycles. The molecule has 0 radical (unpaired) electrons. The summed E-state index contributed by atoms with van der Waals surface area (Å²) in [6.45, 7) is 7.96. The van der Waals surface area contributed by atoms with Crippen molar-refractivity contribution in [2.45, 2.75) is 33.2 Å². The quantitative estimate of drug-likeness (QED) is 0.668. The van der Waals surface area contributed by atoms with E-state index in [2.05, 4.69) is 52.5 Å². The van der Waals surface area contributed by atoms with Crippen LogP contribution in [0, 0.1) is 12.8 Å². The van der Waals surface area contributed by atoms with Gasteiger partial charge in [-0.25, -0.2) is 9.98 Å². The molecule has 0 aliphatic carbocycles. The molecule has 2 aromatic rings. The molecule has 0 bridgehead atoms. The van der Waals surface area contributed by atoms with Crippen molar-refractivity contribution in [3.63, 3.8) is 0 Å². The van der Waals surface area contributed by atoms with Crippen LogP contribution in [0.25, 0.3) is 0 Å². The molecule has 1 saturated heterocycles. The Balaban J connectivity index is 1.60. The first kappa shape index (κ1) is 17.0. The third-order valence-electron chi connectivity index (χ3n) is 4.34. The van der Waals surface area contributed by atoms with E-state index in [1.165, 1.54) is 16.9 Å². The Labute approximate surface area is 148 Å². The van der Waals surface area contributed by atoms with E-state index in [4.69, 9.17) is 4.99 Å². The van der Waals surface area contributed by atoms with Crippen molar-refractivity contribution in [2.75, 3.05) is 19.6 Å². The zero-order chi connectivity index (χ0) is 16.8. The molecule has 1 aromatic carbocycles. The second-order valence-corrected chi connectivity index (χ2v) is 7.63. The first-order valence-corrected chi connectivity index (χ1v) is 9.54. The van der Waals surface area contributed by atoms with Gasteiger partial charge in [0.1, 0.15) is 0 Å². The van der Waals surface area contributed by atoms with E-state index in [-0.39, 0.29) is 0 Å². The number of aliphatic imine (C=N–C) groups is 1. The van der Waals surface area contributed by atoms with Crippen molar-refractivity contribution < 1.29 is 0 Å². The van der Waals surface area contributed by atoms with Gasteiger partial charge in [0.2, 0.25) is 0 Å². The Hall–Kier alpha value is -1.88. The van der Waals surface area contributed by atoms with Gasteiger partial charge in [0, 0.05) is 30.7 Å². The van der Waals surface area contributed by atoms with Crippen molar-refractivity contribution in [1.82, 2.24) is 15.2 Å². The van der Waals surface area contributed by atoms with E-state index in [1.54, 1.807) is 11.3 Å². The van der Waals surface area contributed by atoms with Crippen LogP contribution in [0.5, 0.6) is 0 Å². The zero-order valence-electron chi connectivity index (χ0n) is 14.5. The molecule has 1 unspecified atom stereocenters. The van der Waals surface area contributed by atoms with E-state index >= 15 is 0 Å². The van der Waals surface area contributed by atoms with Crippen LogP contribution in [-0.2, 0) is 13.0 Å². The molecule has 1 fully saturated rings. The average Bonchev–Trinajstić information content (AvgIpc) is 3.22. The first-order chi connectivity index (χ1) is 11.7. The summed E-state index contributed by atoms with van der Waals surface area (Å²) in [5, 5.41) is 4.55. The molecule has 1 aromatic heterocycles. The van der Waals surface area contributed by atoms with Crippen LogP contribution in [0.1, 0.15) is 28.8 Å². The third-order valence-corrected chi connectivity index (χ3v) is 5.24. The van der Waals surface area contributed by atoms with Gasteiger partial charge in [-0.2, -0.15) is 0 Å². The summed E-state index contributed by atoms with van der Waals surface area (Å²) in [4.78, 5) is 12.8. The van der Waals surface area contributed by atoms with Crippen LogP contribution in [-0.4, -0.2) is 35.5 Å². The van der Waals surface area contributed by atoms with Gasteiger partial charge < -0.3 is 10.2 Å². The van der Waals surface area contributed by atoms with Crippen LogP contribution in [0.15, 0.2) is 41.5 Å². The summed E-state index contributed by atoms with van der Waals surface area (Å²) in [5.41, 5.74) is 1.44. The maximum Gasteiger partial charge on any atom is 0.194 e. The number of benzene rings is 1. The minimum Gasteiger partial charge on any atom is -0.357 e. The highest BCUT2D eigenvalue weighted by molar-refractivity contribution is 7.11. The Morgan fingerprint density at radius 1 is 1.38 bits per heavy atom. The largest absolute Gasteiger partial charge is 0.357 e. The van der Waals surface area contributed by atoms with Gasteiger partial charge in [0.15, 0.2) is 5.96 Å². The number of hydrogen-bond acceptors (Lipinski definition) is 3. The number of guanidine groups is 1. The second-order valence-electron chi connectivity index (χ2n) is 6.31. The first-order valence-electron chi connectivity index (χ1n) is 8.73. The SMILES string of the molecule is CCNC(=NCc1cnc(C)s1)N1CCC(Cc2ccccc2)C1. The number of nitrogens with zero attached hydrogens (tertiary/aromatic N) is 3. The van der Waals surface area contributed by atoms with Gasteiger partial charge in [-0.3, -0.25) is 0 Å². The number of aryl methyl sites for hydroxylation is 1. The Morgan fingerprint density at radius 3 is 2.92 bits per heavy atom. The minimum atomic E-state index is 0.710. The number of nitrogens with one attached hydrogen (secondary N) is 1. The fourth-order valence-electron chi connectivity index (χ4n) is 3.20. The molecule has 1 aliphatic heterocycles. The van der Waals surface area contributed by atoms with Crippen molar-refractivity contribution in [3.8, 4) is 0 Å². The molecule has 1 atom stereocenters. The standard InChI is InChI=1S/C19H26N4S/c1-3-20-19(22-13-18-12-21-15(2)24-18)23-10-9-17(14-23)11-16-7-5-4-6-8-16/h4-8,12,17H,3,9-11,13-14H2,1-2H3,(H,20,22). The number of rotatable bonds is 5. The number of thiazole rings is 1. The maximum absolute atomic E-state index is 4.82. The lowest BCUT2D eigenvalue weighted by molar-refractivity contribution is 0.460. The molecule has 24 heavy (non-hydrogen) atoms. The van der Waals surface area contributed by atoms with Crippen molar-refractivity contribution >= 4 is 17.3 Å². The Morgan fingerprint density at radius 2 is 2.21 bits per heavy atom. The molecular formula is C19H26N4S. The average molecular weight is 343 g/mol. The highest BCUT2D eigenvalue weighted by Crippen LogP contribution is 2.21. The van der Waals surface area contributed by atoms with E-state index in [1.807, 2.05) is 13.1 Å². The van der Waals surface area contributed by atoms with Crippen molar-refractivity contribution in [1.29, 1.82) is 0 Å². The Bertz CT molecular complexity index is 665. The normalized spacial score (nSPS) is 18.2. The van der Waals surface area contributed by atoms with Crippen molar-refractivity contribution in [2.24, 2.45) is 10.9 Å². The molecule has 1 aliphatic rings. The summed E-state index contributed by atoms with van der Waals surface area (Å²) in [5.74, 6) is 1.75. The minimum absolute atomic E-state index is 0.710. The molecule has 0 amide bonds. The summed E-state index contributed by atoms with van der Waals surface area (Å²) in [6, 6.07) is 10.8.